The van der Waals surface area contributed by atoms with Crippen molar-refractivity contribution in [2.24, 2.45) is 0 Å². The van der Waals surface area contributed by atoms with Crippen LogP contribution in [0.3, 0.4) is 0 Å². The van der Waals surface area contributed by atoms with Crippen LogP contribution in [0.25, 0.3) is 0 Å². The second-order valence-electron chi connectivity index (χ2n) is 12.0. The van der Waals surface area contributed by atoms with Crippen molar-refractivity contribution in [3.05, 3.63) is 18.5 Å². The minimum absolute atomic E-state index is 0.198. The van der Waals surface area contributed by atoms with E-state index in [-0.39, 0.29) is 12.2 Å². The van der Waals surface area contributed by atoms with Crippen molar-refractivity contribution in [2.75, 3.05) is 60.7 Å². The molecule has 0 aliphatic heterocycles. The van der Waals surface area contributed by atoms with E-state index in [1.54, 1.807) is 18.5 Å². The molecule has 0 aromatic carbocycles. The van der Waals surface area contributed by atoms with Gasteiger partial charge >= 0.3 is 6.01 Å². The van der Waals surface area contributed by atoms with Gasteiger partial charge in [0.15, 0.2) is 0 Å². The topological polar surface area (TPSA) is 62.7 Å². The first-order valence-corrected chi connectivity index (χ1v) is 15.9. The van der Waals surface area contributed by atoms with E-state index >= 15 is 0 Å². The number of aromatic nitrogens is 2. The molecule has 0 aliphatic carbocycles. The first-order chi connectivity index (χ1) is 18.9. The number of nitrogens with zero attached hydrogens (tertiary/aromatic N) is 3. The van der Waals surface area contributed by atoms with Gasteiger partial charge in [0.1, 0.15) is 12.6 Å². The van der Waals surface area contributed by atoms with Crippen LogP contribution in [0.5, 0.6) is 6.01 Å². The van der Waals surface area contributed by atoms with Gasteiger partial charge in [0, 0.05) is 12.4 Å². The number of quaternary nitrogens is 1. The van der Waals surface area contributed by atoms with Crippen LogP contribution >= 0.6 is 0 Å². The predicted octanol–water partition coefficient (Wildman–Crippen LogP) is 7.24. The molecule has 1 heterocycles. The zero-order valence-corrected chi connectivity index (χ0v) is 26.2. The van der Waals surface area contributed by atoms with Gasteiger partial charge in [-0.1, -0.05) is 96.8 Å². The van der Waals surface area contributed by atoms with Crippen molar-refractivity contribution in [2.45, 2.75) is 122 Å². The molecule has 1 rings (SSSR count). The second-order valence-corrected chi connectivity index (χ2v) is 12.0. The summed E-state index contributed by atoms with van der Waals surface area (Å²) in [6.07, 6.45) is 23.7. The number of ether oxygens (including phenoxy) is 4. The quantitative estimate of drug-likeness (QED) is 0.0806. The Balaban J connectivity index is 2.10. The summed E-state index contributed by atoms with van der Waals surface area (Å²) in [7, 11) is 6.48. The van der Waals surface area contributed by atoms with Gasteiger partial charge in [0.25, 0.3) is 0 Å². The van der Waals surface area contributed by atoms with E-state index in [4.69, 9.17) is 18.9 Å². The van der Waals surface area contributed by atoms with E-state index in [1.807, 2.05) is 0 Å². The monoisotopic (exact) mass is 552 g/mol. The molecule has 0 radical (unpaired) electrons. The normalized spacial score (nSPS) is 13.5. The molecule has 0 spiro atoms. The highest BCUT2D eigenvalue weighted by molar-refractivity contribution is 4.94. The number of likely N-dealkylation sites (N-methyl/N-ethyl adjacent to an activating group) is 1. The maximum Gasteiger partial charge on any atom is 0.316 e. The van der Waals surface area contributed by atoms with Crippen LogP contribution in [0.2, 0.25) is 0 Å². The molecular weight excluding hydrogens is 490 g/mol. The fourth-order valence-electron chi connectivity index (χ4n) is 4.37. The molecule has 0 amide bonds. The molecule has 1 aromatic heterocycles. The minimum atomic E-state index is -0.252. The lowest BCUT2D eigenvalue weighted by Gasteiger charge is -2.23. The Morgan fingerprint density at radius 2 is 1.23 bits per heavy atom. The Morgan fingerprint density at radius 3 is 1.79 bits per heavy atom. The van der Waals surface area contributed by atoms with Crippen molar-refractivity contribution in [3.63, 3.8) is 0 Å². The van der Waals surface area contributed by atoms with Crippen LogP contribution in [-0.2, 0) is 14.2 Å². The molecule has 2 atom stereocenters. The fourth-order valence-corrected chi connectivity index (χ4v) is 4.37. The molecule has 0 saturated carbocycles. The van der Waals surface area contributed by atoms with Gasteiger partial charge in [-0.15, -0.1) is 0 Å². The molecule has 1 aromatic rings. The van der Waals surface area contributed by atoms with E-state index in [1.165, 1.54) is 89.9 Å². The Bertz CT molecular complexity index is 642. The molecule has 7 heteroatoms. The van der Waals surface area contributed by atoms with Crippen LogP contribution in [0, 0.1) is 0 Å². The van der Waals surface area contributed by atoms with Gasteiger partial charge in [-0.05, 0) is 19.4 Å². The van der Waals surface area contributed by atoms with Crippen molar-refractivity contribution < 1.29 is 23.4 Å². The summed E-state index contributed by atoms with van der Waals surface area (Å²) >= 11 is 0. The third-order valence-corrected chi connectivity index (χ3v) is 6.93. The van der Waals surface area contributed by atoms with Gasteiger partial charge < -0.3 is 23.4 Å². The lowest BCUT2D eigenvalue weighted by atomic mass is 10.0. The van der Waals surface area contributed by atoms with E-state index in [9.17, 15) is 0 Å². The highest BCUT2D eigenvalue weighted by Gasteiger charge is 2.15. The minimum Gasteiger partial charge on any atom is -0.455 e. The lowest BCUT2D eigenvalue weighted by molar-refractivity contribution is -0.870. The van der Waals surface area contributed by atoms with Gasteiger partial charge in [0.2, 0.25) is 0 Å². The van der Waals surface area contributed by atoms with E-state index in [0.717, 1.165) is 24.1 Å². The summed E-state index contributed by atoms with van der Waals surface area (Å²) in [4.78, 5) is 8.37. The molecule has 2 unspecified atom stereocenters. The highest BCUT2D eigenvalue weighted by Crippen LogP contribution is 2.14. The summed E-state index contributed by atoms with van der Waals surface area (Å²) in [5, 5.41) is 0. The summed E-state index contributed by atoms with van der Waals surface area (Å²) in [5.74, 6) is 0. The molecule has 0 aliphatic rings. The fraction of sp³-hybridized carbons (Fsp3) is 0.875. The molecular formula is C32H62N3O4+. The predicted molar refractivity (Wildman–Crippen MR) is 161 cm³/mol. The summed E-state index contributed by atoms with van der Waals surface area (Å²) < 4.78 is 24.5. The van der Waals surface area contributed by atoms with E-state index in [0.29, 0.717) is 32.4 Å². The first kappa shape index (κ1) is 35.7. The Morgan fingerprint density at radius 1 is 0.692 bits per heavy atom. The molecule has 39 heavy (non-hydrogen) atoms. The zero-order chi connectivity index (χ0) is 28.4. The maximum atomic E-state index is 6.13. The smallest absolute Gasteiger partial charge is 0.316 e. The largest absolute Gasteiger partial charge is 0.455 e. The van der Waals surface area contributed by atoms with Crippen LogP contribution in [0.4, 0.5) is 0 Å². The summed E-state index contributed by atoms with van der Waals surface area (Å²) in [6, 6.07) is 2.13. The SMILES string of the molecule is CCCCCCCCCCCCCCCCC(C)OCC(COCCOCC[N+](C)(C)C)Oc1ncccn1. The Kier molecular flexibility index (Phi) is 22.5. The third-order valence-electron chi connectivity index (χ3n) is 6.93. The first-order valence-electron chi connectivity index (χ1n) is 15.9. The molecule has 7 nitrogen and oxygen atoms in total. The molecule has 0 fully saturated rings. The van der Waals surface area contributed by atoms with Crippen molar-refractivity contribution in [1.29, 1.82) is 0 Å². The Hall–Kier alpha value is -1.28. The molecule has 0 bridgehead atoms. The van der Waals surface area contributed by atoms with Crippen LogP contribution in [-0.4, -0.2) is 87.4 Å². The van der Waals surface area contributed by atoms with Gasteiger partial charge in [-0.2, -0.15) is 0 Å². The third kappa shape index (κ3) is 24.3. The summed E-state index contributed by atoms with van der Waals surface area (Å²) in [5.41, 5.74) is 0. The van der Waals surface area contributed by atoms with Crippen molar-refractivity contribution >= 4 is 0 Å². The maximum absolute atomic E-state index is 6.13. The summed E-state index contributed by atoms with van der Waals surface area (Å²) in [6.45, 7) is 8.12. The average molecular weight is 553 g/mol. The van der Waals surface area contributed by atoms with E-state index in [2.05, 4.69) is 45.0 Å². The number of hydrogen-bond acceptors (Lipinski definition) is 6. The molecule has 0 N–H and O–H groups in total. The average Bonchev–Trinajstić information content (AvgIpc) is 2.91. The number of unbranched alkanes of at least 4 members (excludes halogenated alkanes) is 13. The standard InChI is InChI=1S/C32H62N3O4/c1-6-7-8-9-10-11-12-13-14-15-16-17-18-19-21-30(2)38-29-31(39-32-33-22-20-23-34-32)28-37-27-26-36-25-24-35(3,4)5/h20,22-23,30-31H,6-19,21,24-29H2,1-5H3/q+1. The van der Waals surface area contributed by atoms with Crippen molar-refractivity contribution in [1.82, 2.24) is 9.97 Å². The highest BCUT2D eigenvalue weighted by atomic mass is 16.6. The number of hydrogen-bond donors (Lipinski definition) is 0. The van der Waals surface area contributed by atoms with Crippen molar-refractivity contribution in [3.8, 4) is 6.01 Å². The van der Waals surface area contributed by atoms with Gasteiger partial charge in [-0.3, -0.25) is 0 Å². The zero-order valence-electron chi connectivity index (χ0n) is 26.2. The van der Waals surface area contributed by atoms with Crippen LogP contribution in [0.15, 0.2) is 18.5 Å². The molecule has 228 valence electrons. The van der Waals surface area contributed by atoms with Gasteiger partial charge in [0.05, 0.1) is 60.3 Å². The lowest BCUT2D eigenvalue weighted by Crippen LogP contribution is -2.37. The number of rotatable bonds is 28. The van der Waals surface area contributed by atoms with E-state index < -0.39 is 0 Å². The van der Waals surface area contributed by atoms with Gasteiger partial charge in [-0.25, -0.2) is 9.97 Å². The van der Waals surface area contributed by atoms with Crippen LogP contribution in [0.1, 0.15) is 110 Å². The Labute approximate surface area is 241 Å². The second kappa shape index (κ2) is 24.5. The van der Waals surface area contributed by atoms with Crippen LogP contribution < -0.4 is 4.74 Å². The molecule has 0 saturated heterocycles.